The lowest BCUT2D eigenvalue weighted by atomic mass is 10.1. The van der Waals surface area contributed by atoms with Crippen LogP contribution in [0.1, 0.15) is 17.0 Å². The van der Waals surface area contributed by atoms with Gasteiger partial charge in [0.2, 0.25) is 0 Å². The third-order valence-corrected chi connectivity index (χ3v) is 4.24. The van der Waals surface area contributed by atoms with E-state index >= 15 is 0 Å². The van der Waals surface area contributed by atoms with Crippen LogP contribution in [0.4, 0.5) is 13.2 Å². The average molecular weight is 369 g/mol. The van der Waals surface area contributed by atoms with E-state index in [1.165, 1.54) is 6.07 Å². The summed E-state index contributed by atoms with van der Waals surface area (Å²) < 4.78 is 41.6. The second-order valence-corrected chi connectivity index (χ2v) is 6.13. The number of rotatable bonds is 3. The molecule has 0 atom stereocenters. The van der Waals surface area contributed by atoms with Crippen LogP contribution >= 0.6 is 0 Å². The molecule has 4 aromatic rings. The lowest BCUT2D eigenvalue weighted by Crippen LogP contribution is -2.16. The van der Waals surface area contributed by atoms with Gasteiger partial charge in [-0.2, -0.15) is 13.2 Å². The van der Waals surface area contributed by atoms with Crippen LogP contribution in [0, 0.1) is 0 Å². The molecule has 7 heteroatoms. The smallest absolute Gasteiger partial charge is 0.284 e. The van der Waals surface area contributed by atoms with E-state index in [1.807, 2.05) is 30.3 Å². The Morgan fingerprint density at radius 2 is 1.59 bits per heavy atom. The first-order valence-corrected chi connectivity index (χ1v) is 8.24. The first kappa shape index (κ1) is 17.1. The van der Waals surface area contributed by atoms with Crippen molar-refractivity contribution in [1.82, 2.24) is 14.6 Å². The maximum atomic E-state index is 13.6. The highest BCUT2D eigenvalue weighted by Gasteiger charge is 2.38. The van der Waals surface area contributed by atoms with Crippen molar-refractivity contribution in [2.75, 3.05) is 0 Å². The highest BCUT2D eigenvalue weighted by Crippen LogP contribution is 2.37. The van der Waals surface area contributed by atoms with Gasteiger partial charge in [0, 0.05) is 12.5 Å². The summed E-state index contributed by atoms with van der Waals surface area (Å²) in [6.07, 6.45) is -4.29. The molecule has 0 fully saturated rings. The van der Waals surface area contributed by atoms with Gasteiger partial charge in [-0.3, -0.25) is 9.89 Å². The van der Waals surface area contributed by atoms with Gasteiger partial charge in [-0.05, 0) is 11.1 Å². The average Bonchev–Trinajstić information content (AvgIpc) is 3.04. The number of aromatic amines is 1. The molecule has 0 aliphatic carbocycles. The molecule has 4 rings (SSSR count). The van der Waals surface area contributed by atoms with E-state index in [-0.39, 0.29) is 11.2 Å². The Morgan fingerprint density at radius 3 is 2.22 bits per heavy atom. The molecule has 0 aliphatic heterocycles. The minimum atomic E-state index is -4.65. The Kier molecular flexibility index (Phi) is 4.07. The zero-order valence-corrected chi connectivity index (χ0v) is 14.0. The first-order valence-electron chi connectivity index (χ1n) is 8.24. The quantitative estimate of drug-likeness (QED) is 0.585. The summed E-state index contributed by atoms with van der Waals surface area (Å²) in [7, 11) is 0. The molecule has 0 saturated heterocycles. The van der Waals surface area contributed by atoms with E-state index in [1.54, 1.807) is 30.3 Å². The largest absolute Gasteiger partial charge is 0.433 e. The lowest BCUT2D eigenvalue weighted by molar-refractivity contribution is -0.140. The van der Waals surface area contributed by atoms with Crippen LogP contribution in [0.25, 0.3) is 16.8 Å². The molecule has 0 bridgehead atoms. The Balaban J connectivity index is 1.96. The molecule has 0 radical (unpaired) electrons. The number of alkyl halides is 3. The summed E-state index contributed by atoms with van der Waals surface area (Å²) in [5.74, 6) is 0. The zero-order chi connectivity index (χ0) is 19.0. The van der Waals surface area contributed by atoms with Gasteiger partial charge in [0.25, 0.3) is 5.56 Å². The Bertz CT molecular complexity index is 1150. The number of halogens is 3. The summed E-state index contributed by atoms with van der Waals surface area (Å²) in [5.41, 5.74) is -0.0686. The van der Waals surface area contributed by atoms with Gasteiger partial charge >= 0.3 is 6.18 Å². The first-order chi connectivity index (χ1) is 12.9. The second-order valence-electron chi connectivity index (χ2n) is 6.13. The van der Waals surface area contributed by atoms with Crippen LogP contribution in [0.15, 0.2) is 71.5 Å². The van der Waals surface area contributed by atoms with Crippen molar-refractivity contribution in [3.63, 3.8) is 0 Å². The normalized spacial score (nSPS) is 11.8. The fourth-order valence-corrected chi connectivity index (χ4v) is 3.06. The van der Waals surface area contributed by atoms with Crippen LogP contribution in [0.5, 0.6) is 0 Å². The Labute approximate surface area is 151 Å². The van der Waals surface area contributed by atoms with Crippen LogP contribution in [-0.2, 0) is 12.6 Å². The summed E-state index contributed by atoms with van der Waals surface area (Å²) in [5, 5.41) is 2.18. The molecule has 0 spiro atoms. The van der Waals surface area contributed by atoms with E-state index in [2.05, 4.69) is 10.1 Å². The van der Waals surface area contributed by atoms with E-state index < -0.39 is 17.4 Å². The number of aromatic nitrogens is 3. The number of fused-ring (bicyclic) bond motifs is 1. The van der Waals surface area contributed by atoms with Crippen LogP contribution in [0.3, 0.4) is 0 Å². The van der Waals surface area contributed by atoms with E-state index in [0.29, 0.717) is 17.7 Å². The van der Waals surface area contributed by atoms with Gasteiger partial charge in [0.15, 0.2) is 5.65 Å². The third kappa shape index (κ3) is 3.23. The van der Waals surface area contributed by atoms with Crippen molar-refractivity contribution in [2.24, 2.45) is 0 Å². The van der Waals surface area contributed by atoms with Gasteiger partial charge in [0.05, 0.1) is 11.3 Å². The number of nitrogens with zero attached hydrogens (tertiary/aromatic N) is 2. The SMILES string of the molecule is O=c1cc(Cc2ccccc2)nc2c(-c3ccccc3)c(C(F)(F)F)[nH]n12. The fourth-order valence-electron chi connectivity index (χ4n) is 3.06. The minimum Gasteiger partial charge on any atom is -0.284 e. The summed E-state index contributed by atoms with van der Waals surface area (Å²) in [4.78, 5) is 16.8. The van der Waals surface area contributed by atoms with Gasteiger partial charge < -0.3 is 0 Å². The lowest BCUT2D eigenvalue weighted by Gasteiger charge is -2.07. The molecule has 0 aliphatic rings. The van der Waals surface area contributed by atoms with Gasteiger partial charge in [-0.1, -0.05) is 60.7 Å². The number of hydrogen-bond acceptors (Lipinski definition) is 2. The van der Waals surface area contributed by atoms with Gasteiger partial charge in [-0.25, -0.2) is 9.50 Å². The van der Waals surface area contributed by atoms with E-state index in [9.17, 15) is 18.0 Å². The van der Waals surface area contributed by atoms with Crippen LogP contribution < -0.4 is 5.56 Å². The van der Waals surface area contributed by atoms with E-state index in [4.69, 9.17) is 0 Å². The maximum Gasteiger partial charge on any atom is 0.433 e. The molecule has 4 nitrogen and oxygen atoms in total. The zero-order valence-electron chi connectivity index (χ0n) is 14.0. The number of benzene rings is 2. The van der Waals surface area contributed by atoms with Crippen molar-refractivity contribution >= 4 is 5.65 Å². The van der Waals surface area contributed by atoms with Gasteiger partial charge in [-0.15, -0.1) is 0 Å². The van der Waals surface area contributed by atoms with Gasteiger partial charge in [0.1, 0.15) is 5.69 Å². The highest BCUT2D eigenvalue weighted by molar-refractivity contribution is 5.80. The van der Waals surface area contributed by atoms with Crippen molar-refractivity contribution < 1.29 is 13.2 Å². The molecule has 27 heavy (non-hydrogen) atoms. The summed E-state index contributed by atoms with van der Waals surface area (Å²) >= 11 is 0. The monoisotopic (exact) mass is 369 g/mol. The fraction of sp³-hybridized carbons (Fsp3) is 0.100. The minimum absolute atomic E-state index is 0.0352. The molecule has 2 heterocycles. The number of hydrogen-bond donors (Lipinski definition) is 1. The van der Waals surface area contributed by atoms with Crippen molar-refractivity contribution in [1.29, 1.82) is 0 Å². The third-order valence-electron chi connectivity index (χ3n) is 4.24. The molecule has 136 valence electrons. The number of H-pyrrole nitrogens is 1. The predicted molar refractivity (Wildman–Crippen MR) is 95.5 cm³/mol. The predicted octanol–water partition coefficient (Wildman–Crippen LogP) is 4.30. The molecule has 2 aromatic carbocycles. The maximum absolute atomic E-state index is 13.6. The Morgan fingerprint density at radius 1 is 0.963 bits per heavy atom. The number of nitrogens with one attached hydrogen (secondary N) is 1. The van der Waals surface area contributed by atoms with Crippen molar-refractivity contribution in [2.45, 2.75) is 12.6 Å². The van der Waals surface area contributed by atoms with Crippen LogP contribution in [-0.4, -0.2) is 14.6 Å². The summed E-state index contributed by atoms with van der Waals surface area (Å²) in [6, 6.07) is 18.7. The van der Waals surface area contributed by atoms with Crippen molar-refractivity contribution in [3.05, 3.63) is 94.0 Å². The molecule has 0 saturated carbocycles. The van der Waals surface area contributed by atoms with E-state index in [0.717, 1.165) is 10.1 Å². The van der Waals surface area contributed by atoms with Crippen LogP contribution in [0.2, 0.25) is 0 Å². The highest BCUT2D eigenvalue weighted by atomic mass is 19.4. The van der Waals surface area contributed by atoms with Crippen molar-refractivity contribution in [3.8, 4) is 11.1 Å². The molecular weight excluding hydrogens is 355 g/mol. The molecule has 1 N–H and O–H groups in total. The molecule has 0 amide bonds. The molecule has 0 unspecified atom stereocenters. The molecular formula is C20H14F3N3O. The summed E-state index contributed by atoms with van der Waals surface area (Å²) in [6.45, 7) is 0. The standard InChI is InChI=1S/C20H14F3N3O/c21-20(22,23)18-17(14-9-5-2-6-10-14)19-24-15(12-16(27)26(19)25-18)11-13-7-3-1-4-8-13/h1-10,12,25H,11H2. The second kappa shape index (κ2) is 6.42. The Hall–Kier alpha value is -3.35. The molecule has 2 aromatic heterocycles. The topological polar surface area (TPSA) is 50.2 Å².